The molecule has 5 aromatic rings. The first-order valence-electron chi connectivity index (χ1n) is 12.5. The predicted molar refractivity (Wildman–Crippen MR) is 149 cm³/mol. The number of rotatable bonds is 6. The molecule has 0 unspecified atom stereocenters. The lowest BCUT2D eigenvalue weighted by molar-refractivity contribution is -0.103. The summed E-state index contributed by atoms with van der Waals surface area (Å²) in [4.78, 5) is 21.9. The number of hydroxylamine groups is 2. The molecular weight excluding hydrogens is 444 g/mol. The van der Waals surface area contributed by atoms with Crippen LogP contribution >= 0.6 is 0 Å². The van der Waals surface area contributed by atoms with E-state index in [4.69, 9.17) is 9.82 Å². The SMILES string of the molecule is CCc1ccccc1C(=O)ON(CC)CC.c1ccc(-c2c3ccccc3nc3ccccc23)cc1. The summed E-state index contributed by atoms with van der Waals surface area (Å²) < 4.78 is 0. The molecule has 0 fully saturated rings. The molecule has 0 atom stereocenters. The van der Waals surface area contributed by atoms with Crippen LogP contribution in [0, 0.1) is 0 Å². The lowest BCUT2D eigenvalue weighted by Gasteiger charge is -2.17. The van der Waals surface area contributed by atoms with Gasteiger partial charge >= 0.3 is 5.97 Å². The van der Waals surface area contributed by atoms with Gasteiger partial charge in [-0.05, 0) is 49.6 Å². The third-order valence-corrected chi connectivity index (χ3v) is 6.19. The second kappa shape index (κ2) is 12.1. The van der Waals surface area contributed by atoms with Gasteiger partial charge < -0.3 is 4.84 Å². The van der Waals surface area contributed by atoms with Crippen LogP contribution in [-0.2, 0) is 11.3 Å². The molecule has 1 aromatic heterocycles. The summed E-state index contributed by atoms with van der Waals surface area (Å²) in [5, 5.41) is 4.06. The van der Waals surface area contributed by atoms with Crippen molar-refractivity contribution in [2.24, 2.45) is 0 Å². The summed E-state index contributed by atoms with van der Waals surface area (Å²) in [7, 11) is 0. The van der Waals surface area contributed by atoms with Crippen molar-refractivity contribution in [2.45, 2.75) is 27.2 Å². The molecule has 0 saturated carbocycles. The molecule has 0 bridgehead atoms. The first-order valence-corrected chi connectivity index (χ1v) is 12.5. The molecule has 4 aromatic carbocycles. The van der Waals surface area contributed by atoms with Gasteiger partial charge in [-0.3, -0.25) is 0 Å². The minimum absolute atomic E-state index is 0.263. The number of fused-ring (bicyclic) bond motifs is 2. The van der Waals surface area contributed by atoms with Crippen LogP contribution in [0.3, 0.4) is 0 Å². The van der Waals surface area contributed by atoms with Gasteiger partial charge in [0.2, 0.25) is 0 Å². The summed E-state index contributed by atoms with van der Waals surface area (Å²) in [5.74, 6) is -0.263. The smallest absolute Gasteiger partial charge is 0.357 e. The number of pyridine rings is 1. The second-order valence-corrected chi connectivity index (χ2v) is 8.39. The summed E-state index contributed by atoms with van der Waals surface area (Å²) in [6, 6.07) is 34.8. The fourth-order valence-corrected chi connectivity index (χ4v) is 4.30. The average molecular weight is 477 g/mol. The van der Waals surface area contributed by atoms with Gasteiger partial charge in [-0.15, -0.1) is 5.06 Å². The Morgan fingerprint density at radius 1 is 0.694 bits per heavy atom. The van der Waals surface area contributed by atoms with E-state index in [1.54, 1.807) is 5.06 Å². The average Bonchev–Trinajstić information content (AvgIpc) is 2.95. The zero-order valence-corrected chi connectivity index (χ0v) is 21.1. The van der Waals surface area contributed by atoms with E-state index in [9.17, 15) is 4.79 Å². The summed E-state index contributed by atoms with van der Waals surface area (Å²) >= 11 is 0. The third-order valence-electron chi connectivity index (χ3n) is 6.19. The molecule has 0 saturated heterocycles. The minimum atomic E-state index is -0.263. The first kappa shape index (κ1) is 25.1. The molecule has 0 radical (unpaired) electrons. The van der Waals surface area contributed by atoms with Crippen molar-refractivity contribution >= 4 is 27.8 Å². The van der Waals surface area contributed by atoms with Crippen molar-refractivity contribution in [2.75, 3.05) is 13.1 Å². The van der Waals surface area contributed by atoms with E-state index in [0.717, 1.165) is 23.0 Å². The molecule has 36 heavy (non-hydrogen) atoms. The summed E-state index contributed by atoms with van der Waals surface area (Å²) in [6.45, 7) is 7.36. The molecule has 0 N–H and O–H groups in total. The van der Waals surface area contributed by atoms with E-state index in [0.29, 0.717) is 18.7 Å². The van der Waals surface area contributed by atoms with Crippen molar-refractivity contribution in [3.8, 4) is 11.1 Å². The highest BCUT2D eigenvalue weighted by Gasteiger charge is 2.14. The lowest BCUT2D eigenvalue weighted by atomic mass is 9.96. The van der Waals surface area contributed by atoms with Crippen LogP contribution in [-0.4, -0.2) is 29.1 Å². The fraction of sp³-hybridized carbons (Fsp3) is 0.188. The maximum Gasteiger partial charge on any atom is 0.357 e. The Morgan fingerprint density at radius 2 is 1.22 bits per heavy atom. The van der Waals surface area contributed by atoms with E-state index < -0.39 is 0 Å². The second-order valence-electron chi connectivity index (χ2n) is 8.39. The zero-order chi connectivity index (χ0) is 25.3. The molecular formula is C32H32N2O2. The number of para-hydroxylation sites is 2. The van der Waals surface area contributed by atoms with Crippen LogP contribution in [0.15, 0.2) is 103 Å². The number of carbonyl (C=O) groups excluding carboxylic acids is 1. The Labute approximate surface area is 213 Å². The van der Waals surface area contributed by atoms with Crippen LogP contribution in [0.2, 0.25) is 0 Å². The van der Waals surface area contributed by atoms with Crippen LogP contribution < -0.4 is 0 Å². The molecule has 4 nitrogen and oxygen atoms in total. The predicted octanol–water partition coefficient (Wildman–Crippen LogP) is 7.72. The van der Waals surface area contributed by atoms with E-state index >= 15 is 0 Å². The molecule has 0 aliphatic heterocycles. The number of nitrogens with zero attached hydrogens (tertiary/aromatic N) is 2. The van der Waals surface area contributed by atoms with Gasteiger partial charge in [-0.25, -0.2) is 9.78 Å². The van der Waals surface area contributed by atoms with Gasteiger partial charge in [0.05, 0.1) is 16.6 Å². The van der Waals surface area contributed by atoms with Crippen LogP contribution in [0.25, 0.3) is 32.9 Å². The number of hydrogen-bond donors (Lipinski definition) is 0. The number of hydrogen-bond acceptors (Lipinski definition) is 4. The Kier molecular flexibility index (Phi) is 8.43. The maximum atomic E-state index is 11.9. The Morgan fingerprint density at radius 3 is 1.81 bits per heavy atom. The van der Waals surface area contributed by atoms with Gasteiger partial charge in [0.15, 0.2) is 0 Å². The zero-order valence-electron chi connectivity index (χ0n) is 21.1. The summed E-state index contributed by atoms with van der Waals surface area (Å²) in [5.41, 5.74) is 6.29. The van der Waals surface area contributed by atoms with Crippen LogP contribution in [0.5, 0.6) is 0 Å². The van der Waals surface area contributed by atoms with E-state index in [2.05, 4.69) is 66.7 Å². The Balaban J connectivity index is 0.000000175. The first-order chi connectivity index (χ1) is 17.7. The van der Waals surface area contributed by atoms with E-state index in [1.807, 2.05) is 57.2 Å². The topological polar surface area (TPSA) is 42.4 Å². The summed E-state index contributed by atoms with van der Waals surface area (Å²) in [6.07, 6.45) is 0.837. The Bertz CT molecular complexity index is 1390. The normalized spacial score (nSPS) is 10.8. The van der Waals surface area contributed by atoms with Gasteiger partial charge in [0, 0.05) is 29.4 Å². The highest BCUT2D eigenvalue weighted by molar-refractivity contribution is 6.09. The van der Waals surface area contributed by atoms with Crippen molar-refractivity contribution in [3.63, 3.8) is 0 Å². The number of carbonyl (C=O) groups is 1. The van der Waals surface area contributed by atoms with Crippen LogP contribution in [0.4, 0.5) is 0 Å². The van der Waals surface area contributed by atoms with Crippen molar-refractivity contribution < 1.29 is 9.63 Å². The van der Waals surface area contributed by atoms with Crippen molar-refractivity contribution in [1.29, 1.82) is 0 Å². The number of aromatic nitrogens is 1. The minimum Gasteiger partial charge on any atom is -0.364 e. The molecule has 0 aliphatic carbocycles. The molecule has 0 aliphatic rings. The Hall–Kier alpha value is -4.02. The van der Waals surface area contributed by atoms with Crippen molar-refractivity contribution in [3.05, 3.63) is 114 Å². The lowest BCUT2D eigenvalue weighted by Crippen LogP contribution is -2.27. The molecule has 5 rings (SSSR count). The quantitative estimate of drug-likeness (QED) is 0.186. The monoisotopic (exact) mass is 476 g/mol. The van der Waals surface area contributed by atoms with Crippen LogP contribution in [0.1, 0.15) is 36.7 Å². The van der Waals surface area contributed by atoms with Gasteiger partial charge in [0.1, 0.15) is 0 Å². The molecule has 182 valence electrons. The van der Waals surface area contributed by atoms with Gasteiger partial charge in [-0.1, -0.05) is 91.9 Å². The van der Waals surface area contributed by atoms with Crippen molar-refractivity contribution in [1.82, 2.24) is 10.0 Å². The third kappa shape index (κ3) is 5.61. The van der Waals surface area contributed by atoms with Gasteiger partial charge in [-0.2, -0.15) is 0 Å². The van der Waals surface area contributed by atoms with Gasteiger partial charge in [0.25, 0.3) is 0 Å². The molecule has 0 spiro atoms. The molecule has 1 heterocycles. The maximum absolute atomic E-state index is 11.9. The van der Waals surface area contributed by atoms with E-state index in [1.165, 1.54) is 21.9 Å². The van der Waals surface area contributed by atoms with E-state index in [-0.39, 0.29) is 5.97 Å². The standard InChI is InChI=1S/C19H13N.C13H19NO2/c1-2-8-14(9-3-1)19-15-10-4-6-12-17(15)20-18-13-7-5-11-16(18)19;1-4-11-9-7-8-10-12(11)13(15)16-14(5-2)6-3/h1-13H;7-10H,4-6H2,1-3H3. The largest absolute Gasteiger partial charge is 0.364 e. The molecule has 4 heteroatoms. The highest BCUT2D eigenvalue weighted by Crippen LogP contribution is 2.34. The molecule has 0 amide bonds. The number of aryl methyl sites for hydroxylation is 1. The highest BCUT2D eigenvalue weighted by atomic mass is 16.7. The fourth-order valence-electron chi connectivity index (χ4n) is 4.30. The number of benzene rings is 4.